The average molecular weight is 754 g/mol. The van der Waals surface area contributed by atoms with E-state index in [-0.39, 0.29) is 23.6 Å². The molecule has 0 saturated heterocycles. The number of thiophene rings is 1. The molecule has 278 valence electrons. The summed E-state index contributed by atoms with van der Waals surface area (Å²) in [4.78, 5) is 55.8. The number of rotatable bonds is 13. The van der Waals surface area contributed by atoms with Gasteiger partial charge in [-0.05, 0) is 92.0 Å². The average Bonchev–Trinajstić information content (AvgIpc) is 3.51. The van der Waals surface area contributed by atoms with Crippen LogP contribution in [-0.2, 0) is 27.2 Å². The van der Waals surface area contributed by atoms with Gasteiger partial charge in [0.15, 0.2) is 0 Å². The minimum absolute atomic E-state index is 0.0251. The molecule has 0 saturated carbocycles. The van der Waals surface area contributed by atoms with E-state index in [2.05, 4.69) is 36.7 Å². The van der Waals surface area contributed by atoms with Crippen LogP contribution in [-0.4, -0.2) is 42.7 Å². The van der Waals surface area contributed by atoms with E-state index in [1.807, 2.05) is 31.2 Å². The highest BCUT2D eigenvalue weighted by Gasteiger charge is 2.35. The van der Waals surface area contributed by atoms with E-state index >= 15 is 0 Å². The normalized spacial score (nSPS) is 14.8. The number of ether oxygens (including phenoxy) is 2. The second kappa shape index (κ2) is 17.8. The second-order valence-corrected chi connectivity index (χ2v) is 16.2. The lowest BCUT2D eigenvalue weighted by molar-refractivity contribution is -0.116. The fourth-order valence-electron chi connectivity index (χ4n) is 6.24. The van der Waals surface area contributed by atoms with E-state index in [0.29, 0.717) is 45.5 Å². The van der Waals surface area contributed by atoms with E-state index in [9.17, 15) is 19.2 Å². The molecule has 0 bridgehead atoms. The van der Waals surface area contributed by atoms with Gasteiger partial charge in [0.05, 0.1) is 24.5 Å². The van der Waals surface area contributed by atoms with E-state index in [4.69, 9.17) is 9.47 Å². The number of nitrogens with one attached hydrogen (secondary N) is 3. The van der Waals surface area contributed by atoms with Gasteiger partial charge in [-0.3, -0.25) is 14.4 Å². The summed E-state index contributed by atoms with van der Waals surface area (Å²) in [5.41, 5.74) is 3.13. The summed E-state index contributed by atoms with van der Waals surface area (Å²) in [7, 11) is 1.54. The Hall–Kier alpha value is -4.87. The number of carbonyl (C=O) groups is 4. The Bertz CT molecular complexity index is 1980. The summed E-state index contributed by atoms with van der Waals surface area (Å²) in [6.45, 7) is 10.7. The van der Waals surface area contributed by atoms with Crippen molar-refractivity contribution in [1.29, 1.82) is 0 Å². The number of benzene rings is 3. The molecular formula is C42H47N3O6S2. The molecule has 1 heterocycles. The number of hydrogen-bond donors (Lipinski definition) is 3. The van der Waals surface area contributed by atoms with Gasteiger partial charge < -0.3 is 25.4 Å². The van der Waals surface area contributed by atoms with Gasteiger partial charge in [-0.15, -0.1) is 23.1 Å². The van der Waals surface area contributed by atoms with Crippen molar-refractivity contribution in [2.75, 3.05) is 24.4 Å². The highest BCUT2D eigenvalue weighted by molar-refractivity contribution is 8.00. The number of hydrogen-bond acceptors (Lipinski definition) is 8. The van der Waals surface area contributed by atoms with Gasteiger partial charge in [-0.2, -0.15) is 0 Å². The molecule has 4 aromatic rings. The molecule has 0 spiro atoms. The quantitative estimate of drug-likeness (QED) is 0.0708. The summed E-state index contributed by atoms with van der Waals surface area (Å²) in [6, 6.07) is 23.1. The SMILES string of the molecule is CCOC(=O)c1c(NC(=O)C(CC)Sc2cccc(NC(=O)/C(=C\c3ccccc3OC)NC(=O)c3ccccc3)c2)sc2c1CCC(C(C)(C)C)C2. The van der Waals surface area contributed by atoms with Gasteiger partial charge in [0.25, 0.3) is 11.8 Å². The third-order valence-electron chi connectivity index (χ3n) is 9.21. The van der Waals surface area contributed by atoms with Crippen molar-refractivity contribution in [3.63, 3.8) is 0 Å². The molecule has 9 nitrogen and oxygen atoms in total. The minimum Gasteiger partial charge on any atom is -0.496 e. The molecular weight excluding hydrogens is 707 g/mol. The van der Waals surface area contributed by atoms with E-state index in [1.165, 1.54) is 30.2 Å². The van der Waals surface area contributed by atoms with Crippen LogP contribution >= 0.6 is 23.1 Å². The first-order chi connectivity index (χ1) is 25.4. The molecule has 1 aromatic heterocycles. The number of amides is 3. The van der Waals surface area contributed by atoms with Crippen molar-refractivity contribution in [1.82, 2.24) is 5.32 Å². The number of esters is 1. The van der Waals surface area contributed by atoms with Crippen LogP contribution in [0.3, 0.4) is 0 Å². The molecule has 11 heteroatoms. The molecule has 2 unspecified atom stereocenters. The van der Waals surface area contributed by atoms with Crippen molar-refractivity contribution in [2.24, 2.45) is 11.3 Å². The van der Waals surface area contributed by atoms with Crippen molar-refractivity contribution >= 4 is 63.6 Å². The number of methoxy groups -OCH3 is 1. The summed E-state index contributed by atoms with van der Waals surface area (Å²) in [5.74, 6) is -0.567. The second-order valence-electron chi connectivity index (χ2n) is 13.8. The maximum Gasteiger partial charge on any atom is 0.341 e. The topological polar surface area (TPSA) is 123 Å². The highest BCUT2D eigenvalue weighted by Crippen LogP contribution is 2.45. The zero-order valence-corrected chi connectivity index (χ0v) is 32.7. The van der Waals surface area contributed by atoms with Crippen LogP contribution in [0.1, 0.15) is 84.2 Å². The summed E-state index contributed by atoms with van der Waals surface area (Å²) in [6.07, 6.45) is 4.71. The summed E-state index contributed by atoms with van der Waals surface area (Å²) >= 11 is 2.85. The number of para-hydroxylation sites is 1. The zero-order chi connectivity index (χ0) is 38.1. The van der Waals surface area contributed by atoms with Crippen LogP contribution in [0.25, 0.3) is 6.08 Å². The Morgan fingerprint density at radius 1 is 0.962 bits per heavy atom. The van der Waals surface area contributed by atoms with Gasteiger partial charge in [0.1, 0.15) is 16.4 Å². The molecule has 0 aliphatic heterocycles. The molecule has 2 atom stereocenters. The molecule has 5 rings (SSSR count). The van der Waals surface area contributed by atoms with Crippen LogP contribution in [0.5, 0.6) is 5.75 Å². The Balaban J connectivity index is 1.34. The molecule has 0 radical (unpaired) electrons. The highest BCUT2D eigenvalue weighted by atomic mass is 32.2. The predicted molar refractivity (Wildman–Crippen MR) is 214 cm³/mol. The zero-order valence-electron chi connectivity index (χ0n) is 31.0. The van der Waals surface area contributed by atoms with Crippen LogP contribution in [0.15, 0.2) is 89.5 Å². The van der Waals surface area contributed by atoms with Crippen LogP contribution < -0.4 is 20.7 Å². The van der Waals surface area contributed by atoms with Gasteiger partial charge in [0, 0.05) is 26.6 Å². The van der Waals surface area contributed by atoms with E-state index in [1.54, 1.807) is 67.6 Å². The number of anilines is 2. The lowest BCUT2D eigenvalue weighted by Gasteiger charge is -2.33. The van der Waals surface area contributed by atoms with Crippen molar-refractivity contribution in [2.45, 2.75) is 70.4 Å². The maximum atomic E-state index is 13.8. The first-order valence-corrected chi connectivity index (χ1v) is 19.5. The Morgan fingerprint density at radius 2 is 1.70 bits per heavy atom. The van der Waals surface area contributed by atoms with Crippen molar-refractivity contribution in [3.05, 3.63) is 112 Å². The van der Waals surface area contributed by atoms with Gasteiger partial charge in [-0.1, -0.05) is 70.2 Å². The molecule has 1 aliphatic carbocycles. The first-order valence-electron chi connectivity index (χ1n) is 17.8. The van der Waals surface area contributed by atoms with Crippen LogP contribution in [0.2, 0.25) is 0 Å². The predicted octanol–water partition coefficient (Wildman–Crippen LogP) is 9.00. The van der Waals surface area contributed by atoms with Crippen LogP contribution in [0, 0.1) is 11.3 Å². The molecule has 53 heavy (non-hydrogen) atoms. The smallest absolute Gasteiger partial charge is 0.341 e. The number of fused-ring (bicyclic) bond motifs is 1. The fourth-order valence-corrected chi connectivity index (χ4v) is 8.57. The van der Waals surface area contributed by atoms with E-state index < -0.39 is 23.0 Å². The Morgan fingerprint density at radius 3 is 2.40 bits per heavy atom. The van der Waals surface area contributed by atoms with Crippen molar-refractivity contribution in [3.8, 4) is 5.75 Å². The lowest BCUT2D eigenvalue weighted by Crippen LogP contribution is -2.30. The van der Waals surface area contributed by atoms with Gasteiger partial charge >= 0.3 is 5.97 Å². The standard InChI is InChI=1S/C42H47N3O6S2/c1-7-34(39(48)45-40-36(41(49)51-8-2)31-22-21-28(42(3,4)5)24-35(31)53-40)52-30-19-14-18-29(25-30)43-38(47)32(23-27-17-12-13-20-33(27)50-6)44-37(46)26-15-10-9-11-16-26/h9-20,23,25,28,34H,7-8,21-22,24H2,1-6H3,(H,43,47)(H,44,46)(H,45,48)/b32-23+. The van der Waals surface area contributed by atoms with Crippen LogP contribution in [0.4, 0.5) is 10.7 Å². The third kappa shape index (κ3) is 9.97. The largest absolute Gasteiger partial charge is 0.496 e. The maximum absolute atomic E-state index is 13.8. The third-order valence-corrected chi connectivity index (χ3v) is 11.7. The Kier molecular flexibility index (Phi) is 13.2. The van der Waals surface area contributed by atoms with E-state index in [0.717, 1.165) is 34.6 Å². The molecule has 0 fully saturated rings. The number of thioether (sulfide) groups is 1. The number of carbonyl (C=O) groups excluding carboxylic acids is 4. The molecule has 3 amide bonds. The van der Waals surface area contributed by atoms with Crippen molar-refractivity contribution < 1.29 is 28.7 Å². The van der Waals surface area contributed by atoms with Gasteiger partial charge in [-0.25, -0.2) is 4.79 Å². The fraction of sp³-hybridized carbons (Fsp3) is 0.333. The Labute approximate surface area is 319 Å². The minimum atomic E-state index is -0.533. The lowest BCUT2D eigenvalue weighted by atomic mass is 9.72. The molecule has 1 aliphatic rings. The monoisotopic (exact) mass is 753 g/mol. The summed E-state index contributed by atoms with van der Waals surface area (Å²) < 4.78 is 10.9. The molecule has 3 N–H and O–H groups in total. The summed E-state index contributed by atoms with van der Waals surface area (Å²) in [5, 5.41) is 8.81. The molecule has 3 aromatic carbocycles. The first kappa shape index (κ1) is 39.3. The van der Waals surface area contributed by atoms with Gasteiger partial charge in [0.2, 0.25) is 5.91 Å².